The number of amides is 1. The predicted octanol–water partition coefficient (Wildman–Crippen LogP) is 5.35. The van der Waals surface area contributed by atoms with Gasteiger partial charge in [0, 0.05) is 22.7 Å². The van der Waals surface area contributed by atoms with Gasteiger partial charge in [0.05, 0.1) is 6.04 Å². The summed E-state index contributed by atoms with van der Waals surface area (Å²) in [7, 11) is 0. The summed E-state index contributed by atoms with van der Waals surface area (Å²) in [5.41, 5.74) is -0.184. The summed E-state index contributed by atoms with van der Waals surface area (Å²) >= 11 is 1.86. The Labute approximate surface area is 165 Å². The van der Waals surface area contributed by atoms with Crippen molar-refractivity contribution in [2.24, 2.45) is 0 Å². The molecule has 26 heavy (non-hydrogen) atoms. The van der Waals surface area contributed by atoms with Crippen LogP contribution in [0.1, 0.15) is 66.7 Å². The Morgan fingerprint density at radius 2 is 1.81 bits per heavy atom. The van der Waals surface area contributed by atoms with Gasteiger partial charge in [0.15, 0.2) is 0 Å². The van der Waals surface area contributed by atoms with E-state index in [9.17, 15) is 4.79 Å². The van der Waals surface area contributed by atoms with Crippen LogP contribution < -0.4 is 5.32 Å². The second kappa shape index (κ2) is 12.4. The van der Waals surface area contributed by atoms with Crippen molar-refractivity contribution in [1.29, 1.82) is 0 Å². The van der Waals surface area contributed by atoms with E-state index in [0.29, 0.717) is 0 Å². The molecule has 3 nitrogen and oxygen atoms in total. The summed E-state index contributed by atoms with van der Waals surface area (Å²) in [6.07, 6.45) is 5.77. The van der Waals surface area contributed by atoms with E-state index >= 15 is 0 Å². The van der Waals surface area contributed by atoms with Crippen molar-refractivity contribution < 1.29 is 4.79 Å². The van der Waals surface area contributed by atoms with Crippen LogP contribution in [0.25, 0.3) is 0 Å². The summed E-state index contributed by atoms with van der Waals surface area (Å²) in [6.45, 7) is 12.4. The number of benzene rings is 1. The zero-order chi connectivity index (χ0) is 19.4. The molecule has 0 saturated carbocycles. The molecule has 0 saturated heterocycles. The maximum atomic E-state index is 12.9. The highest BCUT2D eigenvalue weighted by atomic mass is 32.2. The van der Waals surface area contributed by atoms with Crippen LogP contribution in [-0.2, 0) is 4.79 Å². The number of rotatable bonds is 12. The summed E-state index contributed by atoms with van der Waals surface area (Å²) in [6, 6.07) is 10.5. The number of likely N-dealkylation sites (N-methyl/N-ethyl adjacent to an activating group) is 1. The molecule has 1 N–H and O–H groups in total. The first-order valence-corrected chi connectivity index (χ1v) is 11.1. The van der Waals surface area contributed by atoms with Gasteiger partial charge >= 0.3 is 0 Å². The van der Waals surface area contributed by atoms with Crippen molar-refractivity contribution in [3.63, 3.8) is 0 Å². The minimum absolute atomic E-state index is 0.0209. The summed E-state index contributed by atoms with van der Waals surface area (Å²) in [5, 5.41) is 3.20. The van der Waals surface area contributed by atoms with E-state index in [-0.39, 0.29) is 17.5 Å². The van der Waals surface area contributed by atoms with E-state index in [1.807, 2.05) is 17.8 Å². The second-order valence-electron chi connectivity index (χ2n) is 7.89. The lowest BCUT2D eigenvalue weighted by Crippen LogP contribution is -2.52. The third kappa shape index (κ3) is 9.63. The Bertz CT molecular complexity index is 499. The fraction of sp³-hybridized carbons (Fsp3) is 0.682. The van der Waals surface area contributed by atoms with Crippen LogP contribution in [0.2, 0.25) is 0 Å². The highest BCUT2D eigenvalue weighted by Gasteiger charge is 2.27. The number of hydrogen-bond donors (Lipinski definition) is 1. The van der Waals surface area contributed by atoms with Crippen molar-refractivity contribution in [2.45, 2.75) is 83.2 Å². The van der Waals surface area contributed by atoms with E-state index in [2.05, 4.69) is 69.1 Å². The first-order chi connectivity index (χ1) is 12.4. The standard InChI is InChI=1S/C22H38N2OS/c1-6-8-9-13-16-20(21(25)23-22(3,4)5)24(7-2)17-18-26-19-14-11-10-12-15-19/h10-12,14-15,20H,6-9,13,16-18H2,1-5H3,(H,23,25). The largest absolute Gasteiger partial charge is 0.350 e. The van der Waals surface area contributed by atoms with Crippen LogP contribution in [-0.4, -0.2) is 41.2 Å². The highest BCUT2D eigenvalue weighted by Crippen LogP contribution is 2.19. The molecule has 1 unspecified atom stereocenters. The van der Waals surface area contributed by atoms with Gasteiger partial charge in [-0.25, -0.2) is 0 Å². The molecular weight excluding hydrogens is 340 g/mol. The Balaban J connectivity index is 2.64. The van der Waals surface area contributed by atoms with Gasteiger partial charge in [-0.15, -0.1) is 11.8 Å². The third-order valence-corrected chi connectivity index (χ3v) is 5.36. The molecule has 0 fully saturated rings. The minimum Gasteiger partial charge on any atom is -0.350 e. The molecule has 0 spiro atoms. The normalized spacial score (nSPS) is 13.0. The fourth-order valence-electron chi connectivity index (χ4n) is 3.03. The van der Waals surface area contributed by atoms with Crippen LogP contribution in [0.3, 0.4) is 0 Å². The van der Waals surface area contributed by atoms with Gasteiger partial charge in [-0.3, -0.25) is 9.69 Å². The molecule has 0 heterocycles. The zero-order valence-corrected chi connectivity index (χ0v) is 18.2. The van der Waals surface area contributed by atoms with Crippen LogP contribution in [0.5, 0.6) is 0 Å². The molecule has 4 heteroatoms. The summed E-state index contributed by atoms with van der Waals surface area (Å²) in [4.78, 5) is 16.5. The molecule has 0 bridgehead atoms. The van der Waals surface area contributed by atoms with Crippen molar-refractivity contribution in [3.05, 3.63) is 30.3 Å². The lowest BCUT2D eigenvalue weighted by atomic mass is 10.0. The maximum absolute atomic E-state index is 12.9. The zero-order valence-electron chi connectivity index (χ0n) is 17.4. The molecule has 1 amide bonds. The number of hydrogen-bond acceptors (Lipinski definition) is 3. The van der Waals surface area contributed by atoms with E-state index in [0.717, 1.165) is 31.7 Å². The first kappa shape index (κ1) is 23.0. The Hall–Kier alpha value is -1.00. The second-order valence-corrected chi connectivity index (χ2v) is 9.06. The monoisotopic (exact) mass is 378 g/mol. The number of unbranched alkanes of at least 4 members (excludes halogenated alkanes) is 3. The lowest BCUT2D eigenvalue weighted by molar-refractivity contribution is -0.128. The number of nitrogens with one attached hydrogen (secondary N) is 1. The van der Waals surface area contributed by atoms with E-state index in [1.165, 1.54) is 24.2 Å². The first-order valence-electron chi connectivity index (χ1n) is 10.1. The van der Waals surface area contributed by atoms with Crippen molar-refractivity contribution >= 4 is 17.7 Å². The molecule has 0 aliphatic heterocycles. The van der Waals surface area contributed by atoms with E-state index < -0.39 is 0 Å². The molecule has 0 aromatic heterocycles. The molecule has 148 valence electrons. The van der Waals surface area contributed by atoms with Gasteiger partial charge in [-0.2, -0.15) is 0 Å². The van der Waals surface area contributed by atoms with Crippen LogP contribution in [0.15, 0.2) is 35.2 Å². The van der Waals surface area contributed by atoms with Crippen LogP contribution in [0, 0.1) is 0 Å². The van der Waals surface area contributed by atoms with Crippen molar-refractivity contribution in [1.82, 2.24) is 10.2 Å². The maximum Gasteiger partial charge on any atom is 0.237 e. The third-order valence-electron chi connectivity index (χ3n) is 4.37. The SMILES string of the molecule is CCCCCCC(C(=O)NC(C)(C)C)N(CC)CCSc1ccccc1. The van der Waals surface area contributed by atoms with Crippen molar-refractivity contribution in [2.75, 3.05) is 18.8 Å². The average Bonchev–Trinajstić information content (AvgIpc) is 2.59. The van der Waals surface area contributed by atoms with Gasteiger partial charge in [0.1, 0.15) is 0 Å². The van der Waals surface area contributed by atoms with Gasteiger partial charge in [0.25, 0.3) is 0 Å². The van der Waals surface area contributed by atoms with E-state index in [4.69, 9.17) is 0 Å². The van der Waals surface area contributed by atoms with Gasteiger partial charge < -0.3 is 5.32 Å². The Morgan fingerprint density at radius 1 is 1.12 bits per heavy atom. The molecule has 1 aromatic rings. The number of thioether (sulfide) groups is 1. The molecule has 1 atom stereocenters. The van der Waals surface area contributed by atoms with Crippen LogP contribution >= 0.6 is 11.8 Å². The fourth-order valence-corrected chi connectivity index (χ4v) is 3.94. The molecule has 0 aliphatic carbocycles. The molecule has 1 rings (SSSR count). The van der Waals surface area contributed by atoms with E-state index in [1.54, 1.807) is 0 Å². The predicted molar refractivity (Wildman–Crippen MR) is 115 cm³/mol. The summed E-state index contributed by atoms with van der Waals surface area (Å²) < 4.78 is 0. The minimum atomic E-state index is -0.184. The number of carbonyl (C=O) groups is 1. The molecule has 1 aromatic carbocycles. The van der Waals surface area contributed by atoms with Crippen LogP contribution in [0.4, 0.5) is 0 Å². The number of nitrogens with zero attached hydrogens (tertiary/aromatic N) is 1. The lowest BCUT2D eigenvalue weighted by Gasteiger charge is -2.32. The van der Waals surface area contributed by atoms with Gasteiger partial charge in [-0.05, 0) is 45.9 Å². The van der Waals surface area contributed by atoms with Gasteiger partial charge in [0.2, 0.25) is 5.91 Å². The quantitative estimate of drug-likeness (QED) is 0.393. The number of carbonyl (C=O) groups excluding carboxylic acids is 1. The Morgan fingerprint density at radius 3 is 2.38 bits per heavy atom. The Kier molecular flexibility index (Phi) is 11.0. The van der Waals surface area contributed by atoms with Crippen molar-refractivity contribution in [3.8, 4) is 0 Å². The topological polar surface area (TPSA) is 32.3 Å². The summed E-state index contributed by atoms with van der Waals surface area (Å²) in [5.74, 6) is 1.19. The average molecular weight is 379 g/mol. The van der Waals surface area contributed by atoms with Gasteiger partial charge in [-0.1, -0.05) is 57.7 Å². The smallest absolute Gasteiger partial charge is 0.237 e. The highest BCUT2D eigenvalue weighted by molar-refractivity contribution is 7.99. The molecule has 0 radical (unpaired) electrons. The molecule has 0 aliphatic rings. The molecular formula is C22H38N2OS.